The van der Waals surface area contributed by atoms with Crippen LogP contribution in [0.25, 0.3) is 11.4 Å². The quantitative estimate of drug-likeness (QED) is 0.523. The molecule has 1 saturated heterocycles. The molecule has 0 atom stereocenters. The van der Waals surface area contributed by atoms with Crippen molar-refractivity contribution in [1.82, 2.24) is 29.7 Å². The molecular weight excluding hydrogens is 416 g/mol. The van der Waals surface area contributed by atoms with E-state index >= 15 is 0 Å². The second kappa shape index (κ2) is 10.3. The van der Waals surface area contributed by atoms with E-state index in [9.17, 15) is 4.79 Å². The van der Waals surface area contributed by atoms with Crippen LogP contribution < -0.4 is 0 Å². The molecule has 0 aliphatic carbocycles. The van der Waals surface area contributed by atoms with Gasteiger partial charge in [-0.15, -0.1) is 0 Å². The summed E-state index contributed by atoms with van der Waals surface area (Å²) < 4.78 is 7.52. The first-order valence-electron chi connectivity index (χ1n) is 11.8. The first-order chi connectivity index (χ1) is 15.9. The molecule has 1 aliphatic rings. The standard InChI is InChI=1S/C25H34N6O2/c1-18(2)16-31-20(4)22(19(3)27-31)10-11-24(32)30-14-12-29(13-15-30)17-23-26-25(28-33-23)21-8-6-5-7-9-21/h5-9,18H,10-17H2,1-4H3. The first kappa shape index (κ1) is 23.2. The fraction of sp³-hybridized carbons (Fsp3) is 0.520. The van der Waals surface area contributed by atoms with Gasteiger partial charge in [0.2, 0.25) is 17.6 Å². The van der Waals surface area contributed by atoms with E-state index in [4.69, 9.17) is 4.52 Å². The fourth-order valence-corrected chi connectivity index (χ4v) is 4.38. The minimum Gasteiger partial charge on any atom is -0.340 e. The van der Waals surface area contributed by atoms with E-state index < -0.39 is 0 Å². The second-order valence-electron chi connectivity index (χ2n) is 9.26. The Morgan fingerprint density at radius 2 is 1.82 bits per heavy atom. The maximum Gasteiger partial charge on any atom is 0.241 e. The zero-order valence-corrected chi connectivity index (χ0v) is 20.1. The zero-order valence-electron chi connectivity index (χ0n) is 20.1. The number of nitrogens with zero attached hydrogens (tertiary/aromatic N) is 6. The predicted octanol–water partition coefficient (Wildman–Crippen LogP) is 3.48. The summed E-state index contributed by atoms with van der Waals surface area (Å²) in [6.45, 7) is 13.1. The van der Waals surface area contributed by atoms with Crippen molar-refractivity contribution in [3.8, 4) is 11.4 Å². The highest BCUT2D eigenvalue weighted by atomic mass is 16.5. The lowest BCUT2D eigenvalue weighted by molar-refractivity contribution is -0.133. The Bertz CT molecular complexity index is 1060. The molecule has 3 aromatic rings. The third-order valence-electron chi connectivity index (χ3n) is 6.24. The largest absolute Gasteiger partial charge is 0.340 e. The first-order valence-corrected chi connectivity index (χ1v) is 11.8. The van der Waals surface area contributed by atoms with Gasteiger partial charge in [0.25, 0.3) is 0 Å². The number of carbonyl (C=O) groups is 1. The number of hydrogen-bond acceptors (Lipinski definition) is 6. The van der Waals surface area contributed by atoms with E-state index in [1.54, 1.807) is 0 Å². The van der Waals surface area contributed by atoms with Gasteiger partial charge < -0.3 is 9.42 Å². The van der Waals surface area contributed by atoms with E-state index in [1.807, 2.05) is 42.2 Å². The van der Waals surface area contributed by atoms with Crippen LogP contribution in [0.5, 0.6) is 0 Å². The van der Waals surface area contributed by atoms with Gasteiger partial charge in [0.05, 0.1) is 12.2 Å². The average Bonchev–Trinajstić information content (AvgIpc) is 3.37. The molecule has 3 heterocycles. The number of hydrogen-bond donors (Lipinski definition) is 0. The van der Waals surface area contributed by atoms with Crippen LogP contribution in [-0.4, -0.2) is 61.8 Å². The van der Waals surface area contributed by atoms with E-state index in [1.165, 1.54) is 11.3 Å². The Morgan fingerprint density at radius 1 is 1.09 bits per heavy atom. The second-order valence-corrected chi connectivity index (χ2v) is 9.26. The fourth-order valence-electron chi connectivity index (χ4n) is 4.38. The van der Waals surface area contributed by atoms with Crippen LogP contribution in [0.1, 0.15) is 43.1 Å². The third kappa shape index (κ3) is 5.68. The lowest BCUT2D eigenvalue weighted by Gasteiger charge is -2.34. The molecule has 0 spiro atoms. The molecular formula is C25H34N6O2. The van der Waals surface area contributed by atoms with Gasteiger partial charge in [0.1, 0.15) is 0 Å². The summed E-state index contributed by atoms with van der Waals surface area (Å²) in [6.07, 6.45) is 1.28. The highest BCUT2D eigenvalue weighted by Crippen LogP contribution is 2.19. The number of amides is 1. The molecule has 0 N–H and O–H groups in total. The molecule has 2 aromatic heterocycles. The maximum absolute atomic E-state index is 12.8. The van der Waals surface area contributed by atoms with Crippen LogP contribution in [0, 0.1) is 19.8 Å². The number of piperazine rings is 1. The topological polar surface area (TPSA) is 80.3 Å². The molecule has 176 valence electrons. The van der Waals surface area contributed by atoms with Gasteiger partial charge in [-0.3, -0.25) is 14.4 Å². The molecule has 1 fully saturated rings. The number of aryl methyl sites for hydroxylation is 1. The molecule has 33 heavy (non-hydrogen) atoms. The number of aromatic nitrogens is 4. The molecule has 0 saturated carbocycles. The Morgan fingerprint density at radius 3 is 2.52 bits per heavy atom. The van der Waals surface area contributed by atoms with E-state index in [0.717, 1.165) is 50.4 Å². The lowest BCUT2D eigenvalue weighted by Crippen LogP contribution is -2.48. The van der Waals surface area contributed by atoms with Gasteiger partial charge in [-0.05, 0) is 31.7 Å². The van der Waals surface area contributed by atoms with Crippen molar-refractivity contribution in [2.24, 2.45) is 5.92 Å². The number of carbonyl (C=O) groups excluding carboxylic acids is 1. The molecule has 1 aromatic carbocycles. The van der Waals surface area contributed by atoms with E-state index in [2.05, 4.69) is 45.6 Å². The predicted molar refractivity (Wildman–Crippen MR) is 126 cm³/mol. The van der Waals surface area contributed by atoms with Crippen molar-refractivity contribution >= 4 is 5.91 Å². The maximum atomic E-state index is 12.8. The van der Waals surface area contributed by atoms with Gasteiger partial charge in [-0.1, -0.05) is 49.3 Å². The van der Waals surface area contributed by atoms with E-state index in [0.29, 0.717) is 30.6 Å². The summed E-state index contributed by atoms with van der Waals surface area (Å²) in [6, 6.07) is 9.83. The van der Waals surface area contributed by atoms with Crippen LogP contribution in [-0.2, 0) is 24.3 Å². The Balaban J connectivity index is 1.25. The van der Waals surface area contributed by atoms with Crippen molar-refractivity contribution in [2.75, 3.05) is 26.2 Å². The van der Waals surface area contributed by atoms with Gasteiger partial charge in [0.15, 0.2) is 0 Å². The summed E-state index contributed by atoms with van der Waals surface area (Å²) in [4.78, 5) is 21.6. The zero-order chi connectivity index (χ0) is 23.4. The van der Waals surface area contributed by atoms with Crippen LogP contribution in [0.2, 0.25) is 0 Å². The van der Waals surface area contributed by atoms with Gasteiger partial charge in [-0.25, -0.2) is 0 Å². The van der Waals surface area contributed by atoms with Gasteiger partial charge in [0, 0.05) is 50.4 Å². The summed E-state index contributed by atoms with van der Waals surface area (Å²) in [5.74, 6) is 1.99. The average molecular weight is 451 g/mol. The Kier molecular flexibility index (Phi) is 7.23. The summed E-state index contributed by atoms with van der Waals surface area (Å²) in [5, 5.41) is 8.77. The van der Waals surface area contributed by atoms with Crippen molar-refractivity contribution in [3.63, 3.8) is 0 Å². The lowest BCUT2D eigenvalue weighted by atomic mass is 10.1. The highest BCUT2D eigenvalue weighted by Gasteiger charge is 2.23. The molecule has 0 unspecified atom stereocenters. The Labute approximate surface area is 195 Å². The SMILES string of the molecule is Cc1nn(CC(C)C)c(C)c1CCC(=O)N1CCN(Cc2nc(-c3ccccc3)no2)CC1. The number of benzene rings is 1. The smallest absolute Gasteiger partial charge is 0.241 e. The molecule has 8 heteroatoms. The van der Waals surface area contributed by atoms with Crippen LogP contribution >= 0.6 is 0 Å². The number of rotatable bonds is 8. The summed E-state index contributed by atoms with van der Waals surface area (Å²) >= 11 is 0. The summed E-state index contributed by atoms with van der Waals surface area (Å²) in [7, 11) is 0. The van der Waals surface area contributed by atoms with Crippen LogP contribution in [0.15, 0.2) is 34.9 Å². The molecule has 8 nitrogen and oxygen atoms in total. The molecule has 0 radical (unpaired) electrons. The van der Waals surface area contributed by atoms with E-state index in [-0.39, 0.29) is 5.91 Å². The monoisotopic (exact) mass is 450 g/mol. The van der Waals surface area contributed by atoms with Gasteiger partial charge in [-0.2, -0.15) is 10.1 Å². The normalized spacial score (nSPS) is 14.9. The minimum atomic E-state index is 0.217. The summed E-state index contributed by atoms with van der Waals surface area (Å²) in [5.41, 5.74) is 4.39. The van der Waals surface area contributed by atoms with Crippen LogP contribution in [0.4, 0.5) is 0 Å². The van der Waals surface area contributed by atoms with Crippen molar-refractivity contribution in [3.05, 3.63) is 53.2 Å². The van der Waals surface area contributed by atoms with Crippen molar-refractivity contribution in [2.45, 2.75) is 53.6 Å². The van der Waals surface area contributed by atoms with Gasteiger partial charge >= 0.3 is 0 Å². The minimum absolute atomic E-state index is 0.217. The molecule has 1 amide bonds. The van der Waals surface area contributed by atoms with Crippen molar-refractivity contribution in [1.29, 1.82) is 0 Å². The van der Waals surface area contributed by atoms with Crippen LogP contribution in [0.3, 0.4) is 0 Å². The highest BCUT2D eigenvalue weighted by molar-refractivity contribution is 5.76. The third-order valence-corrected chi connectivity index (χ3v) is 6.24. The van der Waals surface area contributed by atoms with Crippen molar-refractivity contribution < 1.29 is 9.32 Å². The Hall–Kier alpha value is -3.00. The molecule has 1 aliphatic heterocycles. The molecule has 4 rings (SSSR count). The molecule has 0 bridgehead atoms.